The Kier molecular flexibility index (Phi) is 6.41. The van der Waals surface area contributed by atoms with Crippen molar-refractivity contribution in [2.45, 2.75) is 63.9 Å². The monoisotopic (exact) mass is 310 g/mol. The fourth-order valence-electron chi connectivity index (χ4n) is 3.03. The van der Waals surface area contributed by atoms with Crippen molar-refractivity contribution < 1.29 is 14.2 Å². The van der Waals surface area contributed by atoms with E-state index in [0.29, 0.717) is 12.6 Å². The van der Waals surface area contributed by atoms with Crippen molar-refractivity contribution >= 4 is 5.71 Å². The minimum atomic E-state index is -0.533. The summed E-state index contributed by atoms with van der Waals surface area (Å²) < 4.78 is 17.2. The van der Waals surface area contributed by atoms with Gasteiger partial charge in [0, 0.05) is 13.7 Å². The largest absolute Gasteiger partial charge is 0.382 e. The number of unbranched alkanes of at least 4 members (excludes halogenated alkanes) is 1. The Bertz CT molecular complexity index is 395. The van der Waals surface area contributed by atoms with Crippen LogP contribution in [-0.2, 0) is 14.2 Å². The van der Waals surface area contributed by atoms with Crippen LogP contribution in [0, 0.1) is 0 Å². The molecule has 2 aliphatic heterocycles. The van der Waals surface area contributed by atoms with E-state index in [9.17, 15) is 0 Å². The van der Waals surface area contributed by atoms with E-state index in [1.807, 2.05) is 19.9 Å². The summed E-state index contributed by atoms with van der Waals surface area (Å²) in [4.78, 5) is 0. The molecule has 0 saturated carbocycles. The number of hydrogen-bond acceptors (Lipinski definition) is 5. The van der Waals surface area contributed by atoms with Crippen molar-refractivity contribution in [2.75, 3.05) is 26.9 Å². The molecule has 0 aliphatic carbocycles. The number of ether oxygens (including phenoxy) is 3. The maximum absolute atomic E-state index is 6.09. The lowest BCUT2D eigenvalue weighted by atomic mass is 10.1. The lowest BCUT2D eigenvalue weighted by Crippen LogP contribution is -2.47. The molecule has 2 rings (SSSR count). The van der Waals surface area contributed by atoms with Crippen molar-refractivity contribution in [1.29, 1.82) is 0 Å². The van der Waals surface area contributed by atoms with E-state index in [1.54, 1.807) is 7.11 Å². The zero-order valence-electron chi connectivity index (χ0n) is 14.2. The van der Waals surface area contributed by atoms with Crippen LogP contribution in [0.15, 0.2) is 17.8 Å². The third-order valence-corrected chi connectivity index (χ3v) is 4.20. The topological polar surface area (TPSA) is 43.3 Å². The third kappa shape index (κ3) is 4.80. The highest BCUT2D eigenvalue weighted by atomic mass is 16.7. The van der Waals surface area contributed by atoms with E-state index >= 15 is 0 Å². The predicted molar refractivity (Wildman–Crippen MR) is 88.0 cm³/mol. The van der Waals surface area contributed by atoms with Crippen LogP contribution in [0.5, 0.6) is 0 Å². The fraction of sp³-hybridized carbons (Fsp3) is 0.824. The van der Waals surface area contributed by atoms with Crippen LogP contribution >= 0.6 is 0 Å². The number of rotatable bonds is 7. The first kappa shape index (κ1) is 17.4. The first-order valence-corrected chi connectivity index (χ1v) is 8.31. The first-order chi connectivity index (χ1) is 10.6. The first-order valence-electron chi connectivity index (χ1n) is 8.31. The van der Waals surface area contributed by atoms with E-state index in [2.05, 4.69) is 11.6 Å². The molecule has 0 aromatic carbocycles. The maximum Gasteiger partial charge on any atom is 0.164 e. The third-order valence-electron chi connectivity index (χ3n) is 4.20. The molecule has 0 radical (unpaired) electrons. The van der Waals surface area contributed by atoms with E-state index in [4.69, 9.17) is 19.3 Å². The van der Waals surface area contributed by atoms with Gasteiger partial charge in [0.1, 0.15) is 6.10 Å². The Labute approximate surface area is 134 Å². The second-order valence-corrected chi connectivity index (χ2v) is 6.52. The van der Waals surface area contributed by atoms with E-state index in [1.165, 1.54) is 6.42 Å². The molecule has 0 N–H and O–H groups in total. The highest BCUT2D eigenvalue weighted by Gasteiger charge is 2.35. The van der Waals surface area contributed by atoms with Gasteiger partial charge in [-0.3, -0.25) is 5.01 Å². The molecule has 5 heteroatoms. The van der Waals surface area contributed by atoms with Gasteiger partial charge >= 0.3 is 0 Å². The Morgan fingerprint density at radius 3 is 3.05 bits per heavy atom. The molecule has 0 aromatic rings. The predicted octanol–water partition coefficient (Wildman–Crippen LogP) is 2.96. The van der Waals surface area contributed by atoms with Crippen LogP contribution in [0.25, 0.3) is 0 Å². The lowest BCUT2D eigenvalue weighted by Gasteiger charge is -2.37. The molecule has 126 valence electrons. The van der Waals surface area contributed by atoms with Crippen LogP contribution in [0.1, 0.15) is 46.0 Å². The van der Waals surface area contributed by atoms with Crippen molar-refractivity contribution in [3.63, 3.8) is 0 Å². The Morgan fingerprint density at radius 2 is 2.32 bits per heavy atom. The zero-order valence-corrected chi connectivity index (χ0v) is 14.2. The standard InChI is InChI=1S/C17H30N2O3/c1-5-6-7-10-16-15(13-21-17(2,3)22-16)18-19-11-8-9-14(19)12-20-4/h5,14,16H,1,6-13H2,2-4H3/b18-15-/t14-,16?/m0/s1. The molecule has 2 fully saturated rings. The smallest absolute Gasteiger partial charge is 0.164 e. The van der Waals surface area contributed by atoms with E-state index < -0.39 is 5.79 Å². The summed E-state index contributed by atoms with van der Waals surface area (Å²) in [5, 5.41) is 7.01. The molecule has 2 atom stereocenters. The van der Waals surface area contributed by atoms with Gasteiger partial charge in [-0.1, -0.05) is 6.08 Å². The maximum atomic E-state index is 6.09. The second-order valence-electron chi connectivity index (χ2n) is 6.52. The average molecular weight is 310 g/mol. The summed E-state index contributed by atoms with van der Waals surface area (Å²) in [5.74, 6) is -0.533. The summed E-state index contributed by atoms with van der Waals surface area (Å²) in [6, 6.07) is 0.376. The van der Waals surface area contributed by atoms with Crippen LogP contribution < -0.4 is 0 Å². The molecular weight excluding hydrogens is 280 g/mol. The summed E-state index contributed by atoms with van der Waals surface area (Å²) in [5.41, 5.74) is 1.01. The van der Waals surface area contributed by atoms with Crippen molar-refractivity contribution in [2.24, 2.45) is 5.10 Å². The molecule has 2 aliphatic rings. The summed E-state index contributed by atoms with van der Waals surface area (Å²) in [6.45, 7) is 9.98. The lowest BCUT2D eigenvalue weighted by molar-refractivity contribution is -0.236. The number of nitrogens with zero attached hydrogens (tertiary/aromatic N) is 2. The molecule has 0 bridgehead atoms. The van der Waals surface area contributed by atoms with Gasteiger partial charge in [-0.15, -0.1) is 6.58 Å². The minimum absolute atomic E-state index is 0.0347. The Morgan fingerprint density at radius 1 is 1.50 bits per heavy atom. The van der Waals surface area contributed by atoms with Crippen molar-refractivity contribution in [3.05, 3.63) is 12.7 Å². The Balaban J connectivity index is 2.04. The molecule has 0 amide bonds. The number of hydrogen-bond donors (Lipinski definition) is 0. The van der Waals surface area contributed by atoms with Gasteiger partial charge in [0.15, 0.2) is 5.79 Å². The molecular formula is C17H30N2O3. The normalized spacial score (nSPS) is 30.0. The molecule has 1 unspecified atom stereocenters. The van der Waals surface area contributed by atoms with Crippen LogP contribution in [0.4, 0.5) is 0 Å². The molecule has 2 heterocycles. The van der Waals surface area contributed by atoms with Crippen LogP contribution in [-0.4, -0.2) is 55.5 Å². The van der Waals surface area contributed by atoms with Crippen LogP contribution in [0.2, 0.25) is 0 Å². The molecule has 0 spiro atoms. The van der Waals surface area contributed by atoms with Crippen molar-refractivity contribution in [1.82, 2.24) is 5.01 Å². The van der Waals surface area contributed by atoms with Gasteiger partial charge in [0.2, 0.25) is 0 Å². The second kappa shape index (κ2) is 8.09. The molecule has 22 heavy (non-hydrogen) atoms. The SMILES string of the molecule is C=CCCCC1OC(C)(C)OC/C1=N/N1CCC[C@H]1COC. The Hall–Kier alpha value is -0.910. The average Bonchev–Trinajstić information content (AvgIpc) is 2.89. The fourth-order valence-corrected chi connectivity index (χ4v) is 3.03. The summed E-state index contributed by atoms with van der Waals surface area (Å²) in [7, 11) is 1.75. The van der Waals surface area contributed by atoms with Gasteiger partial charge in [-0.2, -0.15) is 5.10 Å². The highest BCUT2D eigenvalue weighted by Crippen LogP contribution is 2.26. The quantitative estimate of drug-likeness (QED) is 0.535. The minimum Gasteiger partial charge on any atom is -0.382 e. The molecule has 0 aromatic heterocycles. The zero-order chi connectivity index (χ0) is 16.0. The van der Waals surface area contributed by atoms with Gasteiger partial charge in [0.25, 0.3) is 0 Å². The van der Waals surface area contributed by atoms with E-state index in [0.717, 1.165) is 44.5 Å². The van der Waals surface area contributed by atoms with Gasteiger partial charge in [0.05, 0.1) is 25.0 Å². The molecule has 5 nitrogen and oxygen atoms in total. The number of allylic oxidation sites excluding steroid dienone is 1. The molecule has 2 saturated heterocycles. The summed E-state index contributed by atoms with van der Waals surface area (Å²) >= 11 is 0. The van der Waals surface area contributed by atoms with Gasteiger partial charge in [-0.25, -0.2) is 0 Å². The highest BCUT2D eigenvalue weighted by molar-refractivity contribution is 5.90. The van der Waals surface area contributed by atoms with Gasteiger partial charge in [-0.05, 0) is 46.0 Å². The van der Waals surface area contributed by atoms with Gasteiger partial charge < -0.3 is 14.2 Å². The number of methoxy groups -OCH3 is 1. The van der Waals surface area contributed by atoms with Crippen LogP contribution in [0.3, 0.4) is 0 Å². The van der Waals surface area contributed by atoms with E-state index in [-0.39, 0.29) is 6.10 Å². The number of hydrazone groups is 1. The summed E-state index contributed by atoms with van der Waals surface area (Å²) in [6.07, 6.45) is 7.32. The van der Waals surface area contributed by atoms with Crippen molar-refractivity contribution in [3.8, 4) is 0 Å².